The Morgan fingerprint density at radius 2 is 2.11 bits per heavy atom. The van der Waals surface area contributed by atoms with E-state index in [4.69, 9.17) is 24.3 Å². The lowest BCUT2D eigenvalue weighted by Gasteiger charge is -2.45. The molecule has 1 saturated carbocycles. The topological polar surface area (TPSA) is 91.9 Å². The lowest BCUT2D eigenvalue weighted by molar-refractivity contribution is -0.140. The van der Waals surface area contributed by atoms with E-state index >= 15 is 0 Å². The molecule has 3 aliphatic rings. The van der Waals surface area contributed by atoms with Crippen molar-refractivity contribution >= 4 is 17.9 Å². The van der Waals surface area contributed by atoms with E-state index in [0.29, 0.717) is 37.9 Å². The van der Waals surface area contributed by atoms with Crippen LogP contribution in [0, 0.1) is 11.3 Å². The molecule has 36 heavy (non-hydrogen) atoms. The fraction of sp³-hybridized carbons (Fsp3) is 0.607. The molecule has 0 aromatic carbocycles. The third kappa shape index (κ3) is 5.06. The van der Waals surface area contributed by atoms with E-state index < -0.39 is 0 Å². The van der Waals surface area contributed by atoms with Crippen LogP contribution in [-0.2, 0) is 33.9 Å². The molecule has 0 radical (unpaired) electrons. The van der Waals surface area contributed by atoms with Crippen LogP contribution in [0.5, 0.6) is 0 Å². The number of furan rings is 1. The van der Waals surface area contributed by atoms with E-state index in [1.54, 1.807) is 6.26 Å². The van der Waals surface area contributed by atoms with Crippen molar-refractivity contribution in [2.75, 3.05) is 31.1 Å². The Bertz CT molecular complexity index is 1110. The van der Waals surface area contributed by atoms with Gasteiger partial charge in [0.1, 0.15) is 24.8 Å². The van der Waals surface area contributed by atoms with Crippen molar-refractivity contribution in [3.05, 3.63) is 46.5 Å². The first-order valence-corrected chi connectivity index (χ1v) is 13.1. The summed E-state index contributed by atoms with van der Waals surface area (Å²) in [5.74, 6) is 2.39. The first-order chi connectivity index (χ1) is 17.3. The van der Waals surface area contributed by atoms with Crippen LogP contribution in [0.4, 0.5) is 5.82 Å². The van der Waals surface area contributed by atoms with Crippen LogP contribution in [0.15, 0.2) is 22.8 Å². The standard InChI is InChI=1S/C28H38N4O4/c1-18(2)24-14-31(9-10-32(24)25(33)17-34-15-20-6-5-11-35-20)27-22(13-29)21-12-28(3,4)36-16-23(21)26(30-27)19-7-8-19/h5-6,11,13,18-19,24,29H,7-10,12,14-17H2,1-4H3/t24-/m0/s1. The Labute approximate surface area is 213 Å². The van der Waals surface area contributed by atoms with Gasteiger partial charge in [0.05, 0.1) is 30.2 Å². The van der Waals surface area contributed by atoms with Crippen LogP contribution in [0.25, 0.3) is 0 Å². The number of hydrogen-bond acceptors (Lipinski definition) is 7. The molecule has 1 amide bonds. The van der Waals surface area contributed by atoms with Gasteiger partial charge >= 0.3 is 0 Å². The van der Waals surface area contributed by atoms with E-state index in [1.807, 2.05) is 17.0 Å². The number of nitrogens with zero attached hydrogens (tertiary/aromatic N) is 3. The average Bonchev–Trinajstić information content (AvgIpc) is 3.57. The Kier molecular flexibility index (Phi) is 6.92. The highest BCUT2D eigenvalue weighted by molar-refractivity contribution is 5.88. The smallest absolute Gasteiger partial charge is 0.248 e. The molecule has 1 aliphatic carbocycles. The van der Waals surface area contributed by atoms with Gasteiger partial charge in [0.15, 0.2) is 0 Å². The third-order valence-corrected chi connectivity index (χ3v) is 7.64. The Morgan fingerprint density at radius 1 is 1.31 bits per heavy atom. The summed E-state index contributed by atoms with van der Waals surface area (Å²) in [5, 5.41) is 8.32. The minimum Gasteiger partial charge on any atom is -0.467 e. The lowest BCUT2D eigenvalue weighted by atomic mass is 9.87. The van der Waals surface area contributed by atoms with Crippen molar-refractivity contribution in [2.45, 2.75) is 77.7 Å². The SMILES string of the molecule is CC(C)[C@@H]1CN(c2nc(C3CC3)c3c(c2C=N)CC(C)(C)OC3)CCN1C(=O)COCc1ccco1. The molecule has 1 saturated heterocycles. The molecule has 2 fully saturated rings. The molecule has 8 heteroatoms. The maximum Gasteiger partial charge on any atom is 0.248 e. The summed E-state index contributed by atoms with van der Waals surface area (Å²) in [6.45, 7) is 11.4. The number of nitrogens with one attached hydrogen (secondary N) is 1. The first-order valence-electron chi connectivity index (χ1n) is 13.1. The molecule has 2 aliphatic heterocycles. The fourth-order valence-corrected chi connectivity index (χ4v) is 5.49. The van der Waals surface area contributed by atoms with Crippen molar-refractivity contribution in [2.24, 2.45) is 5.92 Å². The van der Waals surface area contributed by atoms with Gasteiger partial charge in [0, 0.05) is 49.3 Å². The quantitative estimate of drug-likeness (QED) is 0.551. The van der Waals surface area contributed by atoms with Gasteiger partial charge in [0.25, 0.3) is 0 Å². The number of pyridine rings is 1. The Morgan fingerprint density at radius 3 is 2.78 bits per heavy atom. The molecule has 5 rings (SSSR count). The molecule has 4 heterocycles. The number of rotatable bonds is 8. The molecule has 0 spiro atoms. The Balaban J connectivity index is 1.37. The van der Waals surface area contributed by atoms with E-state index in [2.05, 4.69) is 32.6 Å². The number of ether oxygens (including phenoxy) is 2. The van der Waals surface area contributed by atoms with E-state index in [0.717, 1.165) is 23.5 Å². The molecular weight excluding hydrogens is 456 g/mol. The Hall–Kier alpha value is -2.71. The lowest BCUT2D eigenvalue weighted by Crippen LogP contribution is -2.58. The second-order valence-corrected chi connectivity index (χ2v) is 11.3. The number of amides is 1. The summed E-state index contributed by atoms with van der Waals surface area (Å²) >= 11 is 0. The van der Waals surface area contributed by atoms with Gasteiger partial charge in [-0.05, 0) is 50.3 Å². The van der Waals surface area contributed by atoms with Crippen LogP contribution in [0.2, 0.25) is 0 Å². The van der Waals surface area contributed by atoms with Gasteiger partial charge < -0.3 is 29.1 Å². The summed E-state index contributed by atoms with van der Waals surface area (Å²) in [5.41, 5.74) is 4.23. The van der Waals surface area contributed by atoms with Gasteiger partial charge in [-0.1, -0.05) is 13.8 Å². The number of hydrogen-bond donors (Lipinski definition) is 1. The third-order valence-electron chi connectivity index (χ3n) is 7.64. The van der Waals surface area contributed by atoms with Crippen LogP contribution in [0.3, 0.4) is 0 Å². The minimum atomic E-state index is -0.258. The number of aromatic nitrogens is 1. The summed E-state index contributed by atoms with van der Waals surface area (Å²) in [4.78, 5) is 22.6. The molecule has 0 bridgehead atoms. The summed E-state index contributed by atoms with van der Waals surface area (Å²) < 4.78 is 17.1. The van der Waals surface area contributed by atoms with Gasteiger partial charge in [-0.15, -0.1) is 0 Å². The highest BCUT2D eigenvalue weighted by Crippen LogP contribution is 2.45. The number of piperazine rings is 1. The van der Waals surface area contributed by atoms with Gasteiger partial charge in [-0.3, -0.25) is 4.79 Å². The molecule has 0 unspecified atom stereocenters. The van der Waals surface area contributed by atoms with E-state index in [-0.39, 0.29) is 36.7 Å². The zero-order valence-corrected chi connectivity index (χ0v) is 21.9. The molecule has 1 N–H and O–H groups in total. The number of carbonyl (C=O) groups is 1. The van der Waals surface area contributed by atoms with Crippen molar-refractivity contribution in [1.29, 1.82) is 5.41 Å². The van der Waals surface area contributed by atoms with Crippen molar-refractivity contribution in [3.63, 3.8) is 0 Å². The van der Waals surface area contributed by atoms with Crippen molar-refractivity contribution < 1.29 is 18.7 Å². The fourth-order valence-electron chi connectivity index (χ4n) is 5.49. The van der Waals surface area contributed by atoms with Crippen molar-refractivity contribution in [3.8, 4) is 0 Å². The largest absolute Gasteiger partial charge is 0.467 e. The van der Waals surface area contributed by atoms with Gasteiger partial charge in [-0.2, -0.15) is 0 Å². The van der Waals surface area contributed by atoms with Crippen LogP contribution < -0.4 is 4.90 Å². The normalized spacial score (nSPS) is 21.5. The van der Waals surface area contributed by atoms with Crippen LogP contribution >= 0.6 is 0 Å². The monoisotopic (exact) mass is 494 g/mol. The molecular formula is C28H38N4O4. The predicted octanol–water partition coefficient (Wildman–Crippen LogP) is 4.29. The van der Waals surface area contributed by atoms with E-state index in [1.165, 1.54) is 30.2 Å². The molecule has 1 atom stereocenters. The highest BCUT2D eigenvalue weighted by Gasteiger charge is 2.39. The van der Waals surface area contributed by atoms with Crippen LogP contribution in [0.1, 0.15) is 74.6 Å². The van der Waals surface area contributed by atoms with Gasteiger partial charge in [0.2, 0.25) is 5.91 Å². The first kappa shape index (κ1) is 25.0. The minimum absolute atomic E-state index is 0.00292. The van der Waals surface area contributed by atoms with Gasteiger partial charge in [-0.25, -0.2) is 4.98 Å². The number of carbonyl (C=O) groups excluding carboxylic acids is 1. The zero-order valence-electron chi connectivity index (χ0n) is 21.9. The van der Waals surface area contributed by atoms with Crippen LogP contribution in [-0.4, -0.2) is 59.9 Å². The highest BCUT2D eigenvalue weighted by atomic mass is 16.5. The molecule has 194 valence electrons. The average molecular weight is 495 g/mol. The molecule has 2 aromatic rings. The zero-order chi connectivity index (χ0) is 25.4. The predicted molar refractivity (Wildman–Crippen MR) is 138 cm³/mol. The summed E-state index contributed by atoms with van der Waals surface area (Å²) in [7, 11) is 0. The maximum absolute atomic E-state index is 13.1. The summed E-state index contributed by atoms with van der Waals surface area (Å²) in [6.07, 6.45) is 6.20. The summed E-state index contributed by atoms with van der Waals surface area (Å²) in [6, 6.07) is 3.70. The second kappa shape index (κ2) is 9.98. The maximum atomic E-state index is 13.1. The molecule has 2 aromatic heterocycles. The number of anilines is 1. The van der Waals surface area contributed by atoms with E-state index in [9.17, 15) is 4.79 Å². The molecule has 8 nitrogen and oxygen atoms in total. The number of fused-ring (bicyclic) bond motifs is 1. The van der Waals surface area contributed by atoms with Crippen molar-refractivity contribution in [1.82, 2.24) is 9.88 Å². The second-order valence-electron chi connectivity index (χ2n) is 11.3.